The van der Waals surface area contributed by atoms with Gasteiger partial charge in [-0.1, -0.05) is 32.9 Å². The first-order valence-electron chi connectivity index (χ1n) is 9.09. The Labute approximate surface area is 170 Å². The fourth-order valence-electron chi connectivity index (χ4n) is 2.36. The molecule has 0 heterocycles. The van der Waals surface area contributed by atoms with Crippen molar-refractivity contribution in [3.05, 3.63) is 59.9 Å². The van der Waals surface area contributed by atoms with Crippen LogP contribution in [0.3, 0.4) is 0 Å². The third-order valence-electron chi connectivity index (χ3n) is 3.95. The van der Waals surface area contributed by atoms with Crippen molar-refractivity contribution in [1.82, 2.24) is 10.9 Å². The highest BCUT2D eigenvalue weighted by molar-refractivity contribution is 7.80. The Kier molecular flexibility index (Phi) is 7.75. The number of hydrogen-bond donors (Lipinski definition) is 3. The van der Waals surface area contributed by atoms with Crippen molar-refractivity contribution in [3.8, 4) is 5.75 Å². The molecule has 3 N–H and O–H groups in total. The van der Waals surface area contributed by atoms with Crippen molar-refractivity contribution in [2.24, 2.45) is 0 Å². The van der Waals surface area contributed by atoms with Gasteiger partial charge in [0.25, 0.3) is 0 Å². The third-order valence-corrected chi connectivity index (χ3v) is 4.16. The predicted octanol–water partition coefficient (Wildman–Crippen LogP) is 4.30. The highest BCUT2D eigenvalue weighted by atomic mass is 32.1. The van der Waals surface area contributed by atoms with E-state index in [1.165, 1.54) is 17.7 Å². The number of amides is 1. The molecule has 2 aromatic rings. The molecule has 2 aromatic carbocycles. The van der Waals surface area contributed by atoms with Crippen LogP contribution in [-0.4, -0.2) is 17.6 Å². The molecule has 28 heavy (non-hydrogen) atoms. The molecule has 0 saturated carbocycles. The predicted molar refractivity (Wildman–Crippen MR) is 114 cm³/mol. The van der Waals surface area contributed by atoms with Crippen LogP contribution in [0.4, 0.5) is 10.1 Å². The molecule has 150 valence electrons. The van der Waals surface area contributed by atoms with Crippen molar-refractivity contribution < 1.29 is 13.9 Å². The second kappa shape index (κ2) is 10.0. The van der Waals surface area contributed by atoms with Gasteiger partial charge >= 0.3 is 0 Å². The van der Waals surface area contributed by atoms with Gasteiger partial charge in [0.15, 0.2) is 5.11 Å². The van der Waals surface area contributed by atoms with E-state index in [2.05, 4.69) is 49.1 Å². The Morgan fingerprint density at radius 1 is 1.04 bits per heavy atom. The van der Waals surface area contributed by atoms with E-state index in [1.54, 1.807) is 12.1 Å². The number of hydrazine groups is 1. The molecule has 0 aliphatic rings. The van der Waals surface area contributed by atoms with Crippen LogP contribution in [0.5, 0.6) is 5.75 Å². The Bertz CT molecular complexity index is 787. The molecule has 2 rings (SSSR count). The minimum Gasteiger partial charge on any atom is -0.494 e. The maximum atomic E-state index is 12.9. The molecule has 0 spiro atoms. The van der Waals surface area contributed by atoms with Crippen molar-refractivity contribution in [1.29, 1.82) is 0 Å². The van der Waals surface area contributed by atoms with Crippen LogP contribution >= 0.6 is 12.2 Å². The third kappa shape index (κ3) is 7.52. The first-order chi connectivity index (χ1) is 13.2. The van der Waals surface area contributed by atoms with Gasteiger partial charge in [-0.15, -0.1) is 0 Å². The molecular formula is C21H26FN3O2S. The Hall–Kier alpha value is -2.67. The topological polar surface area (TPSA) is 62.4 Å². The summed E-state index contributed by atoms with van der Waals surface area (Å²) in [7, 11) is 0. The fraction of sp³-hybridized carbons (Fsp3) is 0.333. The lowest BCUT2D eigenvalue weighted by molar-refractivity contribution is -0.121. The molecule has 0 unspecified atom stereocenters. The van der Waals surface area contributed by atoms with Gasteiger partial charge in [-0.3, -0.25) is 15.6 Å². The first kappa shape index (κ1) is 21.6. The lowest BCUT2D eigenvalue weighted by Crippen LogP contribution is -2.43. The van der Waals surface area contributed by atoms with E-state index in [1.807, 2.05) is 12.1 Å². The largest absolute Gasteiger partial charge is 0.494 e. The summed E-state index contributed by atoms with van der Waals surface area (Å²) < 4.78 is 18.5. The van der Waals surface area contributed by atoms with Crippen molar-refractivity contribution in [2.45, 2.75) is 39.0 Å². The molecule has 5 nitrogen and oxygen atoms in total. The maximum Gasteiger partial charge on any atom is 0.238 e. The second-order valence-corrected chi connectivity index (χ2v) is 7.77. The molecule has 0 fully saturated rings. The van der Waals surface area contributed by atoms with Crippen molar-refractivity contribution in [2.75, 3.05) is 11.9 Å². The summed E-state index contributed by atoms with van der Waals surface area (Å²) in [5, 5.41) is 3.06. The number of nitrogens with one attached hydrogen (secondary N) is 3. The molecule has 0 aliphatic heterocycles. The summed E-state index contributed by atoms with van der Waals surface area (Å²) in [6.45, 7) is 6.93. The minimum atomic E-state index is -0.329. The lowest BCUT2D eigenvalue weighted by atomic mass is 9.87. The van der Waals surface area contributed by atoms with Crippen molar-refractivity contribution >= 4 is 28.9 Å². The smallest absolute Gasteiger partial charge is 0.238 e. The number of benzene rings is 2. The molecule has 0 radical (unpaired) electrons. The van der Waals surface area contributed by atoms with Gasteiger partial charge in [0.1, 0.15) is 11.6 Å². The van der Waals surface area contributed by atoms with Crippen LogP contribution in [-0.2, 0) is 10.2 Å². The van der Waals surface area contributed by atoms with Gasteiger partial charge in [0.2, 0.25) is 5.91 Å². The quantitative estimate of drug-likeness (QED) is 0.381. The summed E-state index contributed by atoms with van der Waals surface area (Å²) in [5.74, 6) is 0.260. The van der Waals surface area contributed by atoms with Crippen LogP contribution < -0.4 is 20.9 Å². The Morgan fingerprint density at radius 2 is 1.68 bits per heavy atom. The van der Waals surface area contributed by atoms with Crippen LogP contribution in [0, 0.1) is 5.82 Å². The SMILES string of the molecule is CC(C)(C)c1ccc(OCCCC(=O)NNC(=S)Nc2ccc(F)cc2)cc1. The minimum absolute atomic E-state index is 0.107. The number of rotatable bonds is 6. The van der Waals surface area contributed by atoms with Gasteiger partial charge < -0.3 is 10.1 Å². The molecule has 0 aliphatic carbocycles. The highest BCUT2D eigenvalue weighted by Gasteiger charge is 2.13. The van der Waals surface area contributed by atoms with Crippen LogP contribution in [0.2, 0.25) is 0 Å². The number of thiocarbonyl (C=S) groups is 1. The molecular weight excluding hydrogens is 377 g/mol. The van der Waals surface area contributed by atoms with Gasteiger partial charge in [-0.2, -0.15) is 0 Å². The average Bonchev–Trinajstić information content (AvgIpc) is 2.65. The number of carbonyl (C=O) groups is 1. The maximum absolute atomic E-state index is 12.9. The van der Waals surface area contributed by atoms with Crippen LogP contribution in [0.1, 0.15) is 39.2 Å². The van der Waals surface area contributed by atoms with Gasteiger partial charge in [-0.25, -0.2) is 4.39 Å². The van der Waals surface area contributed by atoms with E-state index in [0.717, 1.165) is 5.75 Å². The van der Waals surface area contributed by atoms with E-state index in [4.69, 9.17) is 17.0 Å². The van der Waals surface area contributed by atoms with E-state index in [9.17, 15) is 9.18 Å². The number of carbonyl (C=O) groups excluding carboxylic acids is 1. The van der Waals surface area contributed by atoms with E-state index < -0.39 is 0 Å². The number of anilines is 1. The van der Waals surface area contributed by atoms with E-state index in [0.29, 0.717) is 25.1 Å². The normalized spacial score (nSPS) is 10.9. The standard InChI is InChI=1S/C21H26FN3O2S/c1-21(2,3)15-6-12-18(13-7-15)27-14-4-5-19(26)24-25-20(28)23-17-10-8-16(22)9-11-17/h6-13H,4-5,14H2,1-3H3,(H,24,26)(H2,23,25,28). The fourth-order valence-corrected chi connectivity index (χ4v) is 2.53. The monoisotopic (exact) mass is 403 g/mol. The van der Waals surface area contributed by atoms with Gasteiger partial charge in [0, 0.05) is 12.1 Å². The summed E-state index contributed by atoms with van der Waals surface area (Å²) in [6.07, 6.45) is 0.874. The molecule has 0 saturated heterocycles. The molecule has 0 bridgehead atoms. The molecule has 1 amide bonds. The second-order valence-electron chi connectivity index (χ2n) is 7.36. The number of halogens is 1. The van der Waals surface area contributed by atoms with Gasteiger partial charge in [-0.05, 0) is 66.0 Å². The highest BCUT2D eigenvalue weighted by Crippen LogP contribution is 2.24. The zero-order valence-electron chi connectivity index (χ0n) is 16.3. The van der Waals surface area contributed by atoms with E-state index >= 15 is 0 Å². The average molecular weight is 404 g/mol. The summed E-state index contributed by atoms with van der Waals surface area (Å²) >= 11 is 5.07. The van der Waals surface area contributed by atoms with Crippen LogP contribution in [0.25, 0.3) is 0 Å². The Balaban J connectivity index is 1.62. The molecule has 7 heteroatoms. The zero-order valence-corrected chi connectivity index (χ0v) is 17.2. The first-order valence-corrected chi connectivity index (χ1v) is 9.49. The summed E-state index contributed by atoms with van der Waals surface area (Å²) in [6, 6.07) is 13.7. The zero-order chi connectivity index (χ0) is 20.6. The van der Waals surface area contributed by atoms with Gasteiger partial charge in [0.05, 0.1) is 6.61 Å². The summed E-state index contributed by atoms with van der Waals surface area (Å²) in [5.41, 5.74) is 7.10. The van der Waals surface area contributed by atoms with E-state index in [-0.39, 0.29) is 22.3 Å². The molecule has 0 aromatic heterocycles. The summed E-state index contributed by atoms with van der Waals surface area (Å²) in [4.78, 5) is 11.8. The van der Waals surface area contributed by atoms with Crippen LogP contribution in [0.15, 0.2) is 48.5 Å². The van der Waals surface area contributed by atoms with Crippen molar-refractivity contribution in [3.63, 3.8) is 0 Å². The molecule has 0 atom stereocenters. The Morgan fingerprint density at radius 3 is 2.29 bits per heavy atom. The lowest BCUT2D eigenvalue weighted by Gasteiger charge is -2.19. The number of ether oxygens (including phenoxy) is 1. The number of hydrogen-bond acceptors (Lipinski definition) is 3.